The minimum atomic E-state index is -1.02. The van der Waals surface area contributed by atoms with Crippen molar-refractivity contribution in [1.82, 2.24) is 5.32 Å². The first-order valence-electron chi connectivity index (χ1n) is 7.62. The van der Waals surface area contributed by atoms with Crippen molar-refractivity contribution in [2.45, 2.75) is 51.0 Å². The summed E-state index contributed by atoms with van der Waals surface area (Å²) in [7, 11) is 5.54. The molecule has 1 unspecified atom stereocenters. The van der Waals surface area contributed by atoms with E-state index in [0.717, 1.165) is 25.7 Å². The number of carboxylic acids is 1. The standard InChI is InChI=1S/C15H28N2O3/c1-17(2,3)13(15(19)20)10-7-11-16-14(18)12-8-5-4-6-9-12/h12-13H,4-11H2,1-3H3,(H-,16,18,19,20). The fourth-order valence-electron chi connectivity index (χ4n) is 2.84. The van der Waals surface area contributed by atoms with Crippen molar-refractivity contribution in [3.63, 3.8) is 0 Å². The Balaban J connectivity index is 2.26. The highest BCUT2D eigenvalue weighted by molar-refractivity contribution is 5.78. The van der Waals surface area contributed by atoms with E-state index in [4.69, 9.17) is 0 Å². The van der Waals surface area contributed by atoms with Crippen LogP contribution in [0.5, 0.6) is 0 Å². The number of rotatable bonds is 7. The second-order valence-electron chi connectivity index (χ2n) is 6.72. The van der Waals surface area contributed by atoms with Crippen LogP contribution in [0.2, 0.25) is 0 Å². The number of carboxylic acid groups (broad SMARTS) is 1. The maximum Gasteiger partial charge on any atom is 0.223 e. The van der Waals surface area contributed by atoms with Crippen molar-refractivity contribution in [3.05, 3.63) is 0 Å². The van der Waals surface area contributed by atoms with Gasteiger partial charge in [0, 0.05) is 18.9 Å². The number of aliphatic carboxylic acids is 1. The van der Waals surface area contributed by atoms with Crippen molar-refractivity contribution >= 4 is 11.9 Å². The van der Waals surface area contributed by atoms with Gasteiger partial charge in [0.05, 0.1) is 27.1 Å². The molecule has 20 heavy (non-hydrogen) atoms. The molecule has 0 aromatic heterocycles. The lowest BCUT2D eigenvalue weighted by atomic mass is 9.88. The number of quaternary nitrogens is 1. The molecular formula is C15H28N2O3. The largest absolute Gasteiger partial charge is 0.544 e. The SMILES string of the molecule is C[N+](C)(C)C(CCCNC(=O)C1CCCCC1)C(=O)[O-]. The molecule has 1 amide bonds. The molecule has 116 valence electrons. The van der Waals surface area contributed by atoms with Crippen LogP contribution in [-0.4, -0.2) is 50.1 Å². The van der Waals surface area contributed by atoms with E-state index >= 15 is 0 Å². The molecule has 0 saturated heterocycles. The molecular weight excluding hydrogens is 256 g/mol. The van der Waals surface area contributed by atoms with Gasteiger partial charge in [-0.2, -0.15) is 0 Å². The van der Waals surface area contributed by atoms with Gasteiger partial charge in [0.15, 0.2) is 0 Å². The van der Waals surface area contributed by atoms with Crippen molar-refractivity contribution in [2.75, 3.05) is 27.7 Å². The zero-order valence-electron chi connectivity index (χ0n) is 13.0. The lowest BCUT2D eigenvalue weighted by Gasteiger charge is -2.34. The molecule has 1 fully saturated rings. The number of carbonyl (C=O) groups excluding carboxylic acids is 2. The smallest absolute Gasteiger partial charge is 0.223 e. The Morgan fingerprint density at radius 3 is 2.30 bits per heavy atom. The molecule has 1 atom stereocenters. The number of hydrogen-bond acceptors (Lipinski definition) is 3. The minimum Gasteiger partial charge on any atom is -0.544 e. The normalized spacial score (nSPS) is 18.6. The van der Waals surface area contributed by atoms with Gasteiger partial charge in [0.1, 0.15) is 6.04 Å². The van der Waals surface area contributed by atoms with E-state index in [-0.39, 0.29) is 11.8 Å². The van der Waals surface area contributed by atoms with Crippen molar-refractivity contribution < 1.29 is 19.2 Å². The summed E-state index contributed by atoms with van der Waals surface area (Å²) in [6.45, 7) is 0.555. The third-order valence-electron chi connectivity index (χ3n) is 4.14. The van der Waals surface area contributed by atoms with Crippen molar-refractivity contribution in [1.29, 1.82) is 0 Å². The maximum atomic E-state index is 11.9. The highest BCUT2D eigenvalue weighted by Crippen LogP contribution is 2.23. The average Bonchev–Trinajstić information content (AvgIpc) is 2.37. The fraction of sp³-hybridized carbons (Fsp3) is 0.867. The summed E-state index contributed by atoms with van der Waals surface area (Å²) in [6.07, 6.45) is 6.71. The summed E-state index contributed by atoms with van der Waals surface area (Å²) in [5.41, 5.74) is 0. The molecule has 1 aliphatic carbocycles. The van der Waals surface area contributed by atoms with E-state index in [9.17, 15) is 14.7 Å². The molecule has 1 aliphatic rings. The van der Waals surface area contributed by atoms with E-state index in [1.165, 1.54) is 6.42 Å². The zero-order chi connectivity index (χ0) is 15.2. The summed E-state index contributed by atoms with van der Waals surface area (Å²) in [4.78, 5) is 23.0. The molecule has 5 heteroatoms. The molecule has 0 bridgehead atoms. The molecule has 0 spiro atoms. The molecule has 0 aliphatic heterocycles. The first-order chi connectivity index (χ1) is 9.32. The van der Waals surface area contributed by atoms with Crippen LogP contribution < -0.4 is 10.4 Å². The fourth-order valence-corrected chi connectivity index (χ4v) is 2.84. The van der Waals surface area contributed by atoms with Crippen LogP contribution in [0.15, 0.2) is 0 Å². The summed E-state index contributed by atoms with van der Waals surface area (Å²) < 4.78 is 0.346. The second-order valence-corrected chi connectivity index (χ2v) is 6.72. The van der Waals surface area contributed by atoms with Crippen LogP contribution in [0.1, 0.15) is 44.9 Å². The van der Waals surface area contributed by atoms with Crippen LogP contribution in [0.3, 0.4) is 0 Å². The molecule has 0 heterocycles. The quantitative estimate of drug-likeness (QED) is 0.539. The van der Waals surface area contributed by atoms with Crippen LogP contribution in [0.25, 0.3) is 0 Å². The monoisotopic (exact) mass is 284 g/mol. The van der Waals surface area contributed by atoms with E-state index in [2.05, 4.69) is 5.32 Å². The van der Waals surface area contributed by atoms with Crippen LogP contribution >= 0.6 is 0 Å². The van der Waals surface area contributed by atoms with Crippen molar-refractivity contribution in [3.8, 4) is 0 Å². The third-order valence-corrected chi connectivity index (χ3v) is 4.14. The summed E-state index contributed by atoms with van der Waals surface area (Å²) in [5.74, 6) is -0.713. The predicted molar refractivity (Wildman–Crippen MR) is 75.6 cm³/mol. The lowest BCUT2D eigenvalue weighted by molar-refractivity contribution is -0.889. The Kier molecular flexibility index (Phi) is 6.46. The number of nitrogens with one attached hydrogen (secondary N) is 1. The Bertz CT molecular complexity index is 331. The van der Waals surface area contributed by atoms with Crippen LogP contribution in [-0.2, 0) is 9.59 Å². The first kappa shape index (κ1) is 17.0. The van der Waals surface area contributed by atoms with E-state index < -0.39 is 12.0 Å². The topological polar surface area (TPSA) is 69.2 Å². The first-order valence-corrected chi connectivity index (χ1v) is 7.62. The Morgan fingerprint density at radius 2 is 1.80 bits per heavy atom. The van der Waals surface area contributed by atoms with E-state index in [1.54, 1.807) is 0 Å². The number of nitrogens with zero attached hydrogens (tertiary/aromatic N) is 1. The highest BCUT2D eigenvalue weighted by atomic mass is 16.4. The van der Waals surface area contributed by atoms with Crippen LogP contribution in [0, 0.1) is 5.92 Å². The van der Waals surface area contributed by atoms with Gasteiger partial charge in [0.25, 0.3) is 0 Å². The number of amides is 1. The minimum absolute atomic E-state index is 0.139. The summed E-state index contributed by atoms with van der Waals surface area (Å²) in [5, 5.41) is 14.0. The van der Waals surface area contributed by atoms with Gasteiger partial charge in [-0.05, 0) is 19.3 Å². The van der Waals surface area contributed by atoms with Crippen LogP contribution in [0.4, 0.5) is 0 Å². The summed E-state index contributed by atoms with van der Waals surface area (Å²) in [6, 6.07) is -0.526. The molecule has 1 N–H and O–H groups in total. The highest BCUT2D eigenvalue weighted by Gasteiger charge is 2.25. The van der Waals surface area contributed by atoms with Gasteiger partial charge in [-0.1, -0.05) is 19.3 Å². The molecule has 0 radical (unpaired) electrons. The maximum absolute atomic E-state index is 11.9. The Hall–Kier alpha value is -1.10. The lowest BCUT2D eigenvalue weighted by Crippen LogP contribution is -2.55. The van der Waals surface area contributed by atoms with Gasteiger partial charge in [0.2, 0.25) is 5.91 Å². The van der Waals surface area contributed by atoms with Gasteiger partial charge in [-0.25, -0.2) is 0 Å². The molecule has 1 saturated carbocycles. The zero-order valence-corrected chi connectivity index (χ0v) is 13.0. The predicted octanol–water partition coefficient (Wildman–Crippen LogP) is 0.288. The Labute approximate surface area is 121 Å². The van der Waals surface area contributed by atoms with Gasteiger partial charge in [-0.15, -0.1) is 0 Å². The molecule has 5 nitrogen and oxygen atoms in total. The molecule has 0 aromatic rings. The summed E-state index contributed by atoms with van der Waals surface area (Å²) >= 11 is 0. The van der Waals surface area contributed by atoms with Crippen molar-refractivity contribution in [2.24, 2.45) is 5.92 Å². The Morgan fingerprint density at radius 1 is 1.20 bits per heavy atom. The second kappa shape index (κ2) is 7.62. The third kappa shape index (κ3) is 5.49. The van der Waals surface area contributed by atoms with Gasteiger partial charge < -0.3 is 19.7 Å². The van der Waals surface area contributed by atoms with Gasteiger partial charge >= 0.3 is 0 Å². The average molecular weight is 284 g/mol. The molecule has 1 rings (SSSR count). The number of likely N-dealkylation sites (N-methyl/N-ethyl adjacent to an activating group) is 1. The number of hydrogen-bond donors (Lipinski definition) is 1. The molecule has 0 aromatic carbocycles. The number of carbonyl (C=O) groups is 2. The van der Waals surface area contributed by atoms with E-state index in [1.807, 2.05) is 21.1 Å². The van der Waals surface area contributed by atoms with E-state index in [0.29, 0.717) is 23.9 Å². The van der Waals surface area contributed by atoms with Gasteiger partial charge in [-0.3, -0.25) is 4.79 Å².